The zero-order valence-corrected chi connectivity index (χ0v) is 17.4. The second kappa shape index (κ2) is 8.14. The monoisotopic (exact) mass is 433 g/mol. The van der Waals surface area contributed by atoms with Crippen LogP contribution in [0.15, 0.2) is 57.9 Å². The average Bonchev–Trinajstić information content (AvgIpc) is 3.24. The lowest BCUT2D eigenvalue weighted by atomic mass is 10.00. The molecule has 29 heavy (non-hydrogen) atoms. The van der Waals surface area contributed by atoms with Crippen molar-refractivity contribution < 1.29 is 17.7 Å². The van der Waals surface area contributed by atoms with Gasteiger partial charge < -0.3 is 9.26 Å². The summed E-state index contributed by atoms with van der Waals surface area (Å²) in [6, 6.07) is 13.8. The van der Waals surface area contributed by atoms with Crippen molar-refractivity contribution in [1.29, 1.82) is 0 Å². The second-order valence-corrected chi connectivity index (χ2v) is 9.13. The molecule has 1 aromatic heterocycles. The topological polar surface area (TPSA) is 85.5 Å². The van der Waals surface area contributed by atoms with E-state index in [-0.39, 0.29) is 22.4 Å². The summed E-state index contributed by atoms with van der Waals surface area (Å²) in [6.45, 7) is 0.703. The molecule has 152 valence electrons. The molecule has 0 aliphatic carbocycles. The molecule has 0 bridgehead atoms. The quantitative estimate of drug-likeness (QED) is 0.605. The molecule has 1 atom stereocenters. The molecule has 0 amide bonds. The Morgan fingerprint density at radius 2 is 2.03 bits per heavy atom. The standard InChI is InChI=1S/C20H20ClN3O4S/c1-27-16-8-4-6-14(12-16)19-22-20(28-23-19)15-7-5-11-24(13-15)29(25,26)18-10-3-2-9-17(18)21/h2-4,6,8-10,12,15H,5,7,11,13H2,1H3. The van der Waals surface area contributed by atoms with Crippen molar-refractivity contribution in [3.05, 3.63) is 59.4 Å². The highest BCUT2D eigenvalue weighted by Crippen LogP contribution is 2.32. The van der Waals surface area contributed by atoms with E-state index in [0.717, 1.165) is 12.0 Å². The second-order valence-electron chi connectivity index (χ2n) is 6.82. The zero-order valence-electron chi connectivity index (χ0n) is 15.8. The van der Waals surface area contributed by atoms with Crippen LogP contribution in [0.25, 0.3) is 11.4 Å². The molecule has 2 aromatic carbocycles. The molecule has 0 saturated carbocycles. The van der Waals surface area contributed by atoms with Gasteiger partial charge in [-0.05, 0) is 37.1 Å². The van der Waals surface area contributed by atoms with Gasteiger partial charge in [-0.25, -0.2) is 8.42 Å². The van der Waals surface area contributed by atoms with E-state index < -0.39 is 10.0 Å². The predicted octanol–water partition coefficient (Wildman–Crippen LogP) is 3.97. The van der Waals surface area contributed by atoms with Crippen LogP contribution in [0.5, 0.6) is 5.75 Å². The molecule has 1 fully saturated rings. The maximum absolute atomic E-state index is 13.0. The van der Waals surface area contributed by atoms with Gasteiger partial charge in [0, 0.05) is 18.7 Å². The first-order chi connectivity index (χ1) is 14.0. The third-order valence-electron chi connectivity index (χ3n) is 4.96. The Morgan fingerprint density at radius 3 is 2.83 bits per heavy atom. The minimum atomic E-state index is -3.69. The fourth-order valence-electron chi connectivity index (χ4n) is 3.44. The van der Waals surface area contributed by atoms with Crippen molar-refractivity contribution in [3.8, 4) is 17.1 Å². The first-order valence-electron chi connectivity index (χ1n) is 9.22. The van der Waals surface area contributed by atoms with E-state index in [1.165, 1.54) is 10.4 Å². The van der Waals surface area contributed by atoms with Gasteiger partial charge >= 0.3 is 0 Å². The molecule has 1 saturated heterocycles. The molecule has 7 nitrogen and oxygen atoms in total. The summed E-state index contributed by atoms with van der Waals surface area (Å²) < 4.78 is 38.2. The smallest absolute Gasteiger partial charge is 0.244 e. The van der Waals surface area contributed by atoms with Crippen molar-refractivity contribution in [2.75, 3.05) is 20.2 Å². The van der Waals surface area contributed by atoms with Crippen LogP contribution in [0.2, 0.25) is 5.02 Å². The van der Waals surface area contributed by atoms with Crippen LogP contribution in [0.4, 0.5) is 0 Å². The van der Waals surface area contributed by atoms with E-state index in [2.05, 4.69) is 10.1 Å². The maximum atomic E-state index is 13.0. The highest BCUT2D eigenvalue weighted by molar-refractivity contribution is 7.89. The maximum Gasteiger partial charge on any atom is 0.244 e. The van der Waals surface area contributed by atoms with Crippen molar-refractivity contribution in [1.82, 2.24) is 14.4 Å². The number of hydrogen-bond acceptors (Lipinski definition) is 6. The van der Waals surface area contributed by atoms with Crippen molar-refractivity contribution in [2.24, 2.45) is 0 Å². The van der Waals surface area contributed by atoms with E-state index in [9.17, 15) is 8.42 Å². The van der Waals surface area contributed by atoms with E-state index in [1.807, 2.05) is 24.3 Å². The highest BCUT2D eigenvalue weighted by Gasteiger charge is 2.34. The summed E-state index contributed by atoms with van der Waals surface area (Å²) in [5, 5.41) is 4.28. The van der Waals surface area contributed by atoms with Gasteiger partial charge in [0.15, 0.2) is 0 Å². The lowest BCUT2D eigenvalue weighted by Crippen LogP contribution is -2.39. The summed E-state index contributed by atoms with van der Waals surface area (Å²) >= 11 is 6.12. The molecular weight excluding hydrogens is 414 g/mol. The van der Waals surface area contributed by atoms with Crippen molar-refractivity contribution in [3.63, 3.8) is 0 Å². The number of benzene rings is 2. The summed E-state index contributed by atoms with van der Waals surface area (Å²) in [5.74, 6) is 1.41. The number of aromatic nitrogens is 2. The molecule has 3 aromatic rings. The minimum Gasteiger partial charge on any atom is -0.497 e. The Bertz CT molecular complexity index is 1120. The van der Waals surface area contributed by atoms with Crippen molar-refractivity contribution in [2.45, 2.75) is 23.7 Å². The molecule has 0 spiro atoms. The first-order valence-corrected chi connectivity index (χ1v) is 11.0. The van der Waals surface area contributed by atoms with Crippen LogP contribution in [0, 0.1) is 0 Å². The third-order valence-corrected chi connectivity index (χ3v) is 7.32. The van der Waals surface area contributed by atoms with Gasteiger partial charge in [-0.2, -0.15) is 9.29 Å². The van der Waals surface area contributed by atoms with Gasteiger partial charge in [0.1, 0.15) is 10.6 Å². The average molecular weight is 434 g/mol. The molecule has 0 N–H and O–H groups in total. The van der Waals surface area contributed by atoms with Gasteiger partial charge in [0.25, 0.3) is 0 Å². The Labute approximate surface area is 174 Å². The van der Waals surface area contributed by atoms with Crippen LogP contribution in [0.1, 0.15) is 24.7 Å². The number of halogens is 1. The zero-order chi connectivity index (χ0) is 20.4. The predicted molar refractivity (Wildman–Crippen MR) is 108 cm³/mol. The summed E-state index contributed by atoms with van der Waals surface area (Å²) in [7, 11) is -2.10. The number of hydrogen-bond donors (Lipinski definition) is 0. The van der Waals surface area contributed by atoms with Crippen LogP contribution in [-0.4, -0.2) is 43.1 Å². The fraction of sp³-hybridized carbons (Fsp3) is 0.300. The summed E-state index contributed by atoms with van der Waals surface area (Å²) in [6.07, 6.45) is 1.47. The Hall–Kier alpha value is -2.42. The van der Waals surface area contributed by atoms with Crippen LogP contribution >= 0.6 is 11.6 Å². The highest BCUT2D eigenvalue weighted by atomic mass is 35.5. The number of sulfonamides is 1. The minimum absolute atomic E-state index is 0.116. The summed E-state index contributed by atoms with van der Waals surface area (Å²) in [5.41, 5.74) is 0.774. The lowest BCUT2D eigenvalue weighted by Gasteiger charge is -2.30. The molecular formula is C20H20ClN3O4S. The summed E-state index contributed by atoms with van der Waals surface area (Å²) in [4.78, 5) is 4.62. The Balaban J connectivity index is 1.56. The molecule has 2 heterocycles. The van der Waals surface area contributed by atoms with Gasteiger partial charge in [0.2, 0.25) is 21.7 Å². The number of nitrogens with zero attached hydrogens (tertiary/aromatic N) is 3. The largest absolute Gasteiger partial charge is 0.497 e. The van der Waals surface area contributed by atoms with Gasteiger partial charge in [-0.3, -0.25) is 0 Å². The van der Waals surface area contributed by atoms with Gasteiger partial charge in [0.05, 0.1) is 18.1 Å². The van der Waals surface area contributed by atoms with Gasteiger partial charge in [-0.1, -0.05) is 41.0 Å². The molecule has 1 aliphatic heterocycles. The first kappa shape index (κ1) is 19.9. The van der Waals surface area contributed by atoms with E-state index >= 15 is 0 Å². The molecule has 1 unspecified atom stereocenters. The van der Waals surface area contributed by atoms with Crippen LogP contribution in [0.3, 0.4) is 0 Å². The SMILES string of the molecule is COc1cccc(-c2noc(C3CCCN(S(=O)(=O)c4ccccc4Cl)C3)n2)c1. The third kappa shape index (κ3) is 4.01. The molecule has 9 heteroatoms. The Morgan fingerprint density at radius 1 is 1.21 bits per heavy atom. The number of piperidine rings is 1. The van der Waals surface area contributed by atoms with E-state index in [1.54, 1.807) is 25.3 Å². The normalized spacial score (nSPS) is 17.9. The van der Waals surface area contributed by atoms with Gasteiger partial charge in [-0.15, -0.1) is 0 Å². The fourth-order valence-corrected chi connectivity index (χ4v) is 5.45. The molecule has 0 radical (unpaired) electrons. The number of rotatable bonds is 5. The lowest BCUT2D eigenvalue weighted by molar-refractivity contribution is 0.265. The Kier molecular flexibility index (Phi) is 5.58. The van der Waals surface area contributed by atoms with Crippen LogP contribution < -0.4 is 4.74 Å². The van der Waals surface area contributed by atoms with E-state index in [4.69, 9.17) is 20.9 Å². The van der Waals surface area contributed by atoms with E-state index in [0.29, 0.717) is 30.4 Å². The molecule has 1 aliphatic rings. The number of methoxy groups -OCH3 is 1. The number of ether oxygens (including phenoxy) is 1. The van der Waals surface area contributed by atoms with Crippen molar-refractivity contribution >= 4 is 21.6 Å². The van der Waals surface area contributed by atoms with Crippen LogP contribution in [-0.2, 0) is 10.0 Å². The molecule has 4 rings (SSSR count).